The smallest absolute Gasteiger partial charge is 0.249 e. The molecule has 0 aromatic carbocycles. The van der Waals surface area contributed by atoms with Gasteiger partial charge in [-0.15, -0.1) is 0 Å². The Morgan fingerprint density at radius 2 is 2.27 bits per heavy atom. The van der Waals surface area contributed by atoms with Crippen LogP contribution in [0.15, 0.2) is 21.4 Å². The lowest BCUT2D eigenvalue weighted by atomic mass is 9.77. The minimum absolute atomic E-state index is 0.130. The molecule has 0 amide bonds. The third-order valence-electron chi connectivity index (χ3n) is 2.55. The maximum Gasteiger partial charge on any atom is 0.249 e. The van der Waals surface area contributed by atoms with Gasteiger partial charge in [-0.05, 0) is 27.6 Å². The number of carbonyl (C=O) groups excluding carboxylic acids is 1. The van der Waals surface area contributed by atoms with E-state index < -0.39 is 11.8 Å². The van der Waals surface area contributed by atoms with E-state index in [9.17, 15) is 13.6 Å². The average molecular weight is 279 g/mol. The molecule has 0 aliphatic heterocycles. The normalized spacial score (nSPS) is 19.9. The highest BCUT2D eigenvalue weighted by atomic mass is 79.9. The van der Waals surface area contributed by atoms with Crippen LogP contribution in [0, 0.1) is 5.92 Å². The molecule has 1 aromatic heterocycles. The lowest BCUT2D eigenvalue weighted by Crippen LogP contribution is -2.40. The van der Waals surface area contributed by atoms with Crippen molar-refractivity contribution in [1.29, 1.82) is 0 Å². The predicted octanol–water partition coefficient (Wildman–Crippen LogP) is 3.20. The summed E-state index contributed by atoms with van der Waals surface area (Å²) in [6.07, 6.45) is 1.03. The number of furan rings is 1. The lowest BCUT2D eigenvalue weighted by molar-refractivity contribution is -0.147. The van der Waals surface area contributed by atoms with Gasteiger partial charge in [-0.3, -0.25) is 4.79 Å². The highest BCUT2D eigenvalue weighted by Gasteiger charge is 2.48. The summed E-state index contributed by atoms with van der Waals surface area (Å²) < 4.78 is 30.5. The van der Waals surface area contributed by atoms with Crippen LogP contribution in [-0.2, 0) is 11.2 Å². The number of hydrogen-bond donors (Lipinski definition) is 0. The van der Waals surface area contributed by atoms with Gasteiger partial charge in [-0.25, -0.2) is 8.78 Å². The number of ketones is 1. The zero-order valence-corrected chi connectivity index (χ0v) is 9.39. The molecule has 1 saturated carbocycles. The van der Waals surface area contributed by atoms with Gasteiger partial charge in [0.05, 0.1) is 6.26 Å². The molecule has 1 aliphatic rings. The van der Waals surface area contributed by atoms with Crippen LogP contribution in [0.2, 0.25) is 0 Å². The van der Waals surface area contributed by atoms with Crippen LogP contribution in [0.25, 0.3) is 0 Å². The summed E-state index contributed by atoms with van der Waals surface area (Å²) in [7, 11) is 0. The summed E-state index contributed by atoms with van der Waals surface area (Å²) in [5.74, 6) is -3.24. The molecular weight excluding hydrogens is 270 g/mol. The quantitative estimate of drug-likeness (QED) is 0.850. The summed E-state index contributed by atoms with van der Waals surface area (Å²) in [6.45, 7) is 0. The van der Waals surface area contributed by atoms with Gasteiger partial charge in [0, 0.05) is 25.2 Å². The third-order valence-corrected chi connectivity index (χ3v) is 2.96. The Balaban J connectivity index is 1.89. The van der Waals surface area contributed by atoms with Crippen molar-refractivity contribution in [2.75, 3.05) is 0 Å². The number of Topliss-reactive ketones (excluding diaryl/α,β-unsaturated/α-hetero) is 1. The fraction of sp³-hybridized carbons (Fsp3) is 0.500. The first-order chi connectivity index (χ1) is 6.96. The molecule has 82 valence electrons. The maximum absolute atomic E-state index is 12.5. The number of carbonyl (C=O) groups is 1. The Hall–Kier alpha value is -0.710. The van der Waals surface area contributed by atoms with Crippen LogP contribution in [0.3, 0.4) is 0 Å². The molecule has 15 heavy (non-hydrogen) atoms. The molecule has 1 heterocycles. The first-order valence-electron chi connectivity index (χ1n) is 4.60. The molecule has 5 heteroatoms. The minimum atomic E-state index is -2.63. The molecule has 1 aromatic rings. The molecule has 0 saturated heterocycles. The number of hydrogen-bond acceptors (Lipinski definition) is 2. The van der Waals surface area contributed by atoms with Crippen molar-refractivity contribution >= 4 is 21.7 Å². The van der Waals surface area contributed by atoms with Crippen molar-refractivity contribution in [2.24, 2.45) is 5.92 Å². The van der Waals surface area contributed by atoms with E-state index in [0.29, 0.717) is 4.67 Å². The van der Waals surface area contributed by atoms with Gasteiger partial charge in [-0.2, -0.15) is 0 Å². The Bertz CT molecular complexity index is 379. The van der Waals surface area contributed by atoms with Gasteiger partial charge < -0.3 is 4.42 Å². The summed E-state index contributed by atoms with van der Waals surface area (Å²) in [5.41, 5.74) is 0.724. The summed E-state index contributed by atoms with van der Waals surface area (Å²) >= 11 is 3.11. The van der Waals surface area contributed by atoms with Crippen LogP contribution in [0.1, 0.15) is 18.4 Å². The molecule has 0 unspecified atom stereocenters. The van der Waals surface area contributed by atoms with Crippen molar-refractivity contribution in [3.8, 4) is 0 Å². The van der Waals surface area contributed by atoms with E-state index in [1.54, 1.807) is 6.07 Å². The van der Waals surface area contributed by atoms with E-state index in [-0.39, 0.29) is 25.0 Å². The Labute approximate surface area is 93.8 Å². The monoisotopic (exact) mass is 278 g/mol. The topological polar surface area (TPSA) is 30.2 Å². The Morgan fingerprint density at radius 1 is 1.60 bits per heavy atom. The average Bonchev–Trinajstić information content (AvgIpc) is 2.46. The zero-order valence-electron chi connectivity index (χ0n) is 7.80. The van der Waals surface area contributed by atoms with Gasteiger partial charge in [0.25, 0.3) is 0 Å². The first-order valence-corrected chi connectivity index (χ1v) is 5.39. The van der Waals surface area contributed by atoms with Crippen LogP contribution in [-0.4, -0.2) is 11.7 Å². The van der Waals surface area contributed by atoms with Crippen molar-refractivity contribution in [2.45, 2.75) is 25.2 Å². The van der Waals surface area contributed by atoms with E-state index >= 15 is 0 Å². The summed E-state index contributed by atoms with van der Waals surface area (Å²) in [6, 6.07) is 1.68. The molecule has 0 N–H and O–H groups in total. The second kappa shape index (κ2) is 3.70. The molecular formula is C10H9BrF2O2. The van der Waals surface area contributed by atoms with E-state index in [1.807, 2.05) is 0 Å². The maximum atomic E-state index is 12.5. The summed E-state index contributed by atoms with van der Waals surface area (Å²) in [5, 5.41) is 0. The first kappa shape index (κ1) is 10.8. The molecule has 0 radical (unpaired) electrons. The second-order valence-corrected chi connectivity index (χ2v) is 4.64. The largest absolute Gasteiger partial charge is 0.457 e. The van der Waals surface area contributed by atoms with Crippen molar-refractivity contribution in [1.82, 2.24) is 0 Å². The van der Waals surface area contributed by atoms with Crippen LogP contribution in [0.5, 0.6) is 0 Å². The fourth-order valence-corrected chi connectivity index (χ4v) is 2.06. The highest BCUT2D eigenvalue weighted by molar-refractivity contribution is 9.10. The second-order valence-electron chi connectivity index (χ2n) is 3.86. The number of rotatable bonds is 3. The SMILES string of the molecule is O=C(Cc1coc(Br)c1)C1CC(F)(F)C1. The molecule has 0 atom stereocenters. The number of halogens is 3. The zero-order chi connectivity index (χ0) is 11.1. The predicted molar refractivity (Wildman–Crippen MR) is 52.8 cm³/mol. The van der Waals surface area contributed by atoms with E-state index in [0.717, 1.165) is 5.56 Å². The van der Waals surface area contributed by atoms with Gasteiger partial charge in [-0.1, -0.05) is 0 Å². The minimum Gasteiger partial charge on any atom is -0.457 e. The molecule has 0 spiro atoms. The molecule has 0 bridgehead atoms. The van der Waals surface area contributed by atoms with Gasteiger partial charge in [0.15, 0.2) is 4.67 Å². The van der Waals surface area contributed by atoms with Gasteiger partial charge >= 0.3 is 0 Å². The Morgan fingerprint density at radius 3 is 2.73 bits per heavy atom. The van der Waals surface area contributed by atoms with E-state index in [4.69, 9.17) is 4.42 Å². The number of alkyl halides is 2. The molecule has 1 fully saturated rings. The molecule has 1 aliphatic carbocycles. The van der Waals surface area contributed by atoms with E-state index in [1.165, 1.54) is 6.26 Å². The third kappa shape index (κ3) is 2.45. The molecule has 2 nitrogen and oxygen atoms in total. The van der Waals surface area contributed by atoms with Crippen LogP contribution in [0.4, 0.5) is 8.78 Å². The van der Waals surface area contributed by atoms with Gasteiger partial charge in [0.2, 0.25) is 5.92 Å². The lowest BCUT2D eigenvalue weighted by Gasteiger charge is -2.33. The van der Waals surface area contributed by atoms with Crippen LogP contribution >= 0.6 is 15.9 Å². The van der Waals surface area contributed by atoms with Gasteiger partial charge in [0.1, 0.15) is 5.78 Å². The molecule has 2 rings (SSSR count). The van der Waals surface area contributed by atoms with Crippen LogP contribution < -0.4 is 0 Å². The summed E-state index contributed by atoms with van der Waals surface area (Å²) in [4.78, 5) is 11.5. The van der Waals surface area contributed by atoms with Crippen molar-refractivity contribution < 1.29 is 18.0 Å². The van der Waals surface area contributed by atoms with Crippen molar-refractivity contribution in [3.05, 3.63) is 22.6 Å². The highest BCUT2D eigenvalue weighted by Crippen LogP contribution is 2.43. The van der Waals surface area contributed by atoms with E-state index in [2.05, 4.69) is 15.9 Å². The fourth-order valence-electron chi connectivity index (χ4n) is 1.67. The Kier molecular flexibility index (Phi) is 2.66. The standard InChI is InChI=1S/C10H9BrF2O2/c11-9-2-6(5-15-9)1-8(14)7-3-10(12,13)4-7/h2,5,7H,1,3-4H2. The van der Waals surface area contributed by atoms with Crippen molar-refractivity contribution in [3.63, 3.8) is 0 Å².